The summed E-state index contributed by atoms with van der Waals surface area (Å²) in [6, 6.07) is -0.386. The maximum Gasteiger partial charge on any atom is 0.245 e. The molecule has 0 saturated heterocycles. The van der Waals surface area contributed by atoms with Crippen molar-refractivity contribution in [2.24, 2.45) is 92.7 Å². The van der Waals surface area contributed by atoms with Gasteiger partial charge in [0.2, 0.25) is 35.4 Å². The second kappa shape index (κ2) is 39.6. The van der Waals surface area contributed by atoms with Crippen LogP contribution in [0, 0.1) is 92.7 Å². The van der Waals surface area contributed by atoms with Gasteiger partial charge in [-0.2, -0.15) is 0 Å². The Morgan fingerprint density at radius 1 is 0.404 bits per heavy atom. The monoisotopic (exact) mass is 1400 g/mol. The molecule has 0 aliphatic heterocycles. The molecule has 0 aromatic rings. The number of amides is 6. The van der Waals surface area contributed by atoms with Gasteiger partial charge in [0, 0.05) is 64.4 Å². The van der Waals surface area contributed by atoms with Crippen molar-refractivity contribution in [2.75, 3.05) is 85.6 Å². The molecule has 0 bridgehead atoms. The maximum atomic E-state index is 13.1. The lowest BCUT2D eigenvalue weighted by Crippen LogP contribution is -2.58. The Morgan fingerprint density at radius 3 is 1.31 bits per heavy atom. The molecule has 0 spiro atoms. The van der Waals surface area contributed by atoms with Crippen LogP contribution in [0.1, 0.15) is 254 Å². The standard InChI is InChI=1S/C79H138N6O14/c1-8-9-10-11-12-14-35-80-71(93)50-57(17-13-15-36-81-72(94)51-98-44-42-96-40-38-83-68(90)25-19-53(2)60-21-23-62-74-64(29-33-78(60,62)6)76(4)31-27-58(86)46-55(76)48-66(74)88)85-70(92)18-16-37-82-73(95)52-99-45-43-97-41-39-84-69(91)26-20-54(3)61-22-24-63-75-65(30-34-79(61,63)7)77(5)32-28-59(87)47-56(77)49-67(75)89/h53-67,74-75,86-89H,8-52H2,1-7H3,(H,80,93)(H,81,94)(H,82,95)(H,83,90)(H,84,91)(H,85,92)/t53?,54?,55?,56?,57-,58+,59+,60+,61+,62?,63?,64?,65?,66-,67-,74?,75?,76-,77-,78+,79+/m0/s1. The number of carbonyl (C=O) groups excluding carboxylic acids is 6. The van der Waals surface area contributed by atoms with Crippen molar-refractivity contribution in [3.63, 3.8) is 0 Å². The van der Waals surface area contributed by atoms with E-state index in [1.54, 1.807) is 0 Å². The molecule has 8 fully saturated rings. The van der Waals surface area contributed by atoms with E-state index in [1.165, 1.54) is 32.1 Å². The molecule has 0 heterocycles. The van der Waals surface area contributed by atoms with E-state index in [0.29, 0.717) is 156 Å². The van der Waals surface area contributed by atoms with Gasteiger partial charge in [-0.3, -0.25) is 28.8 Å². The summed E-state index contributed by atoms with van der Waals surface area (Å²) in [4.78, 5) is 77.1. The second-order valence-electron chi connectivity index (χ2n) is 33.9. The first kappa shape index (κ1) is 81.2. The SMILES string of the molecule is CCCCCCCCNC(=O)C[C@H](CCCCNC(=O)COCCOCCNC(=O)CCC(C)[C@H]1CCC2C3C(CC[C@@]21C)[C@@]1(C)CC[C@@H](O)CC1C[C@@H]3O)NC(=O)CCCNC(=O)COCCOCCNC(=O)CCC(C)[C@H]1CCC2C3C(CC[C@@]21C)[C@@]1(C)CC[C@@H](O)CC1C[C@@H]3O. The van der Waals surface area contributed by atoms with E-state index in [1.807, 2.05) is 0 Å². The smallest absolute Gasteiger partial charge is 0.245 e. The highest BCUT2D eigenvalue weighted by molar-refractivity contribution is 5.80. The lowest BCUT2D eigenvalue weighted by molar-refractivity contribution is -0.174. The van der Waals surface area contributed by atoms with Gasteiger partial charge in [-0.05, 0) is 240 Å². The number of rotatable bonds is 43. The number of aliphatic hydroxyl groups excluding tert-OH is 4. The minimum absolute atomic E-state index is 0.0230. The summed E-state index contributed by atoms with van der Waals surface area (Å²) >= 11 is 0. The lowest BCUT2D eigenvalue weighted by atomic mass is 9.43. The van der Waals surface area contributed by atoms with E-state index in [4.69, 9.17) is 18.9 Å². The maximum absolute atomic E-state index is 13.1. The van der Waals surface area contributed by atoms with Crippen LogP contribution in [0.2, 0.25) is 0 Å². The first-order valence-corrected chi connectivity index (χ1v) is 40.2. The van der Waals surface area contributed by atoms with E-state index < -0.39 is 0 Å². The third-order valence-corrected chi connectivity index (χ3v) is 27.7. The zero-order valence-corrected chi connectivity index (χ0v) is 62.5. The zero-order chi connectivity index (χ0) is 71.2. The van der Waals surface area contributed by atoms with Crippen LogP contribution in [-0.4, -0.2) is 172 Å². The molecule has 99 heavy (non-hydrogen) atoms. The molecule has 20 nitrogen and oxygen atoms in total. The Bertz CT molecular complexity index is 2510. The van der Waals surface area contributed by atoms with Gasteiger partial charge in [-0.1, -0.05) is 80.6 Å². The fourth-order valence-electron chi connectivity index (χ4n) is 22.2. The van der Waals surface area contributed by atoms with Crippen LogP contribution in [0.15, 0.2) is 0 Å². The van der Waals surface area contributed by atoms with E-state index in [0.717, 1.165) is 122 Å². The number of unbranched alkanes of at least 4 members (excludes halogenated alkanes) is 6. The first-order chi connectivity index (χ1) is 47.5. The van der Waals surface area contributed by atoms with Crippen molar-refractivity contribution >= 4 is 35.4 Å². The largest absolute Gasteiger partial charge is 0.393 e. The van der Waals surface area contributed by atoms with Crippen molar-refractivity contribution in [3.8, 4) is 0 Å². The highest BCUT2D eigenvalue weighted by atomic mass is 16.5. The van der Waals surface area contributed by atoms with Crippen LogP contribution in [-0.2, 0) is 47.7 Å². The molecule has 21 atom stereocenters. The van der Waals surface area contributed by atoms with Crippen molar-refractivity contribution in [1.82, 2.24) is 31.9 Å². The van der Waals surface area contributed by atoms with E-state index in [-0.39, 0.29) is 140 Å². The van der Waals surface area contributed by atoms with E-state index in [2.05, 4.69) is 80.4 Å². The summed E-state index contributed by atoms with van der Waals surface area (Å²) in [5.74, 6) is 4.67. The molecule has 0 aromatic heterocycles. The molecular weight excluding hydrogens is 1260 g/mol. The summed E-state index contributed by atoms with van der Waals surface area (Å²) in [6.07, 6.45) is 27.4. The summed E-state index contributed by atoms with van der Waals surface area (Å²) in [6.45, 7) is 20.2. The van der Waals surface area contributed by atoms with Gasteiger partial charge in [0.25, 0.3) is 0 Å². The molecule has 10 unspecified atom stereocenters. The number of nitrogens with one attached hydrogen (secondary N) is 6. The number of carbonyl (C=O) groups is 6. The predicted molar refractivity (Wildman–Crippen MR) is 383 cm³/mol. The molecule has 8 rings (SSSR count). The fraction of sp³-hybridized carbons (Fsp3) is 0.924. The number of hydrogen-bond donors (Lipinski definition) is 10. The van der Waals surface area contributed by atoms with Crippen molar-refractivity contribution in [3.05, 3.63) is 0 Å². The van der Waals surface area contributed by atoms with Crippen molar-refractivity contribution < 1.29 is 68.1 Å². The molecule has 0 radical (unpaired) electrons. The van der Waals surface area contributed by atoms with Crippen molar-refractivity contribution in [2.45, 2.75) is 284 Å². The predicted octanol–water partition coefficient (Wildman–Crippen LogP) is 9.63. The third-order valence-electron chi connectivity index (χ3n) is 27.7. The van der Waals surface area contributed by atoms with Crippen LogP contribution >= 0.6 is 0 Å². The van der Waals surface area contributed by atoms with E-state index >= 15 is 0 Å². The topological polar surface area (TPSA) is 292 Å². The minimum atomic E-state index is -0.386. The molecule has 8 aliphatic rings. The van der Waals surface area contributed by atoms with Gasteiger partial charge >= 0.3 is 0 Å². The first-order valence-electron chi connectivity index (χ1n) is 40.2. The fourth-order valence-corrected chi connectivity index (χ4v) is 22.2. The average Bonchev–Trinajstić information content (AvgIpc) is 1.68. The van der Waals surface area contributed by atoms with Gasteiger partial charge in [0.1, 0.15) is 13.2 Å². The highest BCUT2D eigenvalue weighted by Crippen LogP contribution is 2.70. The molecule has 0 aromatic carbocycles. The highest BCUT2D eigenvalue weighted by Gasteiger charge is 2.65. The Kier molecular flexibility index (Phi) is 32.4. The second-order valence-corrected chi connectivity index (χ2v) is 33.9. The lowest BCUT2D eigenvalue weighted by Gasteiger charge is -2.62. The van der Waals surface area contributed by atoms with Crippen LogP contribution < -0.4 is 31.9 Å². The molecule has 8 saturated carbocycles. The zero-order valence-electron chi connectivity index (χ0n) is 62.5. The normalized spacial score (nSPS) is 34.6. The molecule has 568 valence electrons. The summed E-state index contributed by atoms with van der Waals surface area (Å²) in [5, 5.41) is 61.9. The Morgan fingerprint density at radius 2 is 0.818 bits per heavy atom. The van der Waals surface area contributed by atoms with Gasteiger partial charge in [0.15, 0.2) is 0 Å². The molecule has 20 heteroatoms. The van der Waals surface area contributed by atoms with Crippen LogP contribution in [0.4, 0.5) is 0 Å². The van der Waals surface area contributed by atoms with Gasteiger partial charge < -0.3 is 71.3 Å². The minimum Gasteiger partial charge on any atom is -0.393 e. The van der Waals surface area contributed by atoms with Crippen molar-refractivity contribution in [1.29, 1.82) is 0 Å². The van der Waals surface area contributed by atoms with Crippen LogP contribution in [0.5, 0.6) is 0 Å². The van der Waals surface area contributed by atoms with E-state index in [9.17, 15) is 49.2 Å². The van der Waals surface area contributed by atoms with Crippen LogP contribution in [0.25, 0.3) is 0 Å². The third kappa shape index (κ3) is 22.3. The number of ether oxygens (including phenoxy) is 4. The Hall–Kier alpha value is -3.50. The quantitative estimate of drug-likeness (QED) is 0.0254. The Balaban J connectivity index is 0.610. The number of aliphatic hydroxyl groups is 4. The molecule has 6 amide bonds. The molecule has 8 aliphatic carbocycles. The van der Waals surface area contributed by atoms with Gasteiger partial charge in [-0.25, -0.2) is 0 Å². The molecule has 10 N–H and O–H groups in total. The number of fused-ring (bicyclic) bond motifs is 10. The molecular formula is C79H138N6O14. The van der Waals surface area contributed by atoms with Gasteiger partial charge in [0.05, 0.1) is 64.1 Å². The summed E-state index contributed by atoms with van der Waals surface area (Å²) < 4.78 is 22.4. The summed E-state index contributed by atoms with van der Waals surface area (Å²) in [7, 11) is 0. The van der Waals surface area contributed by atoms with Gasteiger partial charge in [-0.15, -0.1) is 0 Å². The number of hydrogen-bond acceptors (Lipinski definition) is 14. The summed E-state index contributed by atoms with van der Waals surface area (Å²) in [5.41, 5.74) is 0.785. The average molecular weight is 1400 g/mol. The van der Waals surface area contributed by atoms with Crippen LogP contribution in [0.3, 0.4) is 0 Å². The Labute approximate surface area is 595 Å².